The van der Waals surface area contributed by atoms with E-state index < -0.39 is 140 Å². The van der Waals surface area contributed by atoms with Crippen molar-refractivity contribution in [3.63, 3.8) is 0 Å². The van der Waals surface area contributed by atoms with Gasteiger partial charge in [-0.3, -0.25) is 54.3 Å². The first-order valence-corrected chi connectivity index (χ1v) is 47.8. The van der Waals surface area contributed by atoms with E-state index in [9.17, 15) is 69.3 Å². The zero-order chi connectivity index (χ0) is 92.5. The number of ketones is 1. The first-order chi connectivity index (χ1) is 61.3. The first-order valence-electron chi connectivity index (χ1n) is 42.0. The minimum Gasteiger partial charge on any atom is -0.461 e. The fourth-order valence-electron chi connectivity index (χ4n) is 17.4. The molecule has 6 aromatic carbocycles. The molecule has 1 amide bonds. The van der Waals surface area contributed by atoms with Crippen molar-refractivity contribution < 1.29 is 111 Å². The highest BCUT2D eigenvalue weighted by molar-refractivity contribution is 9.08. The van der Waals surface area contributed by atoms with E-state index in [0.29, 0.717) is 56.5 Å². The summed E-state index contributed by atoms with van der Waals surface area (Å²) >= 11 is 3.20. The Labute approximate surface area is 765 Å². The number of unbranched alkanes of at least 4 members (excludes halogenated alkanes) is 2. The third-order valence-electron chi connectivity index (χ3n) is 23.8. The lowest BCUT2D eigenvalue weighted by atomic mass is 9.43. The Bertz CT molecular complexity index is 5070. The number of hydrogen-bond acceptors (Lipinski definition) is 30. The van der Waals surface area contributed by atoms with Crippen molar-refractivity contribution in [1.82, 2.24) is 5.32 Å². The maximum absolute atomic E-state index is 15.6. The molecule has 2 saturated carbocycles. The zero-order valence-electron chi connectivity index (χ0n) is 71.6. The van der Waals surface area contributed by atoms with Crippen molar-refractivity contribution in [2.45, 2.75) is 195 Å². The number of esters is 5. The van der Waals surface area contributed by atoms with Crippen molar-refractivity contribution in [2.75, 3.05) is 37.9 Å². The molecule has 3 heterocycles. The molecule has 5 fully saturated rings. The van der Waals surface area contributed by atoms with E-state index in [1.807, 2.05) is 43.2 Å². The number of aliphatic hydroxyl groups is 4. The van der Waals surface area contributed by atoms with Crippen LogP contribution in [0.15, 0.2) is 175 Å². The Hall–Kier alpha value is -10.1. The Morgan fingerprint density at radius 1 is 0.648 bits per heavy atom. The number of benzene rings is 6. The van der Waals surface area contributed by atoms with Crippen molar-refractivity contribution >= 4 is 142 Å². The number of carbonyl (C=O) groups excluding carboxylic acids is 8. The molecule has 6 aliphatic rings. The number of para-hydroxylation sites is 3. The predicted octanol–water partition coefficient (Wildman–Crippen LogP) is 16.8. The van der Waals surface area contributed by atoms with Crippen LogP contribution in [0.5, 0.6) is 0 Å². The molecule has 684 valence electrons. The molecule has 5 unspecified atom stereocenters. The number of carbonyl (C=O) groups is 8. The number of nitro groups is 3. The third kappa shape index (κ3) is 24.5. The zero-order valence-corrected chi connectivity index (χ0v) is 76.4. The van der Waals surface area contributed by atoms with Gasteiger partial charge in [0.15, 0.2) is 5.60 Å². The molecule has 5 N–H and O–H groups in total. The summed E-state index contributed by atoms with van der Waals surface area (Å²) in [6.45, 7) is 7.61. The number of Topliss-reactive ketones (excluding diaryl/α,β-unsaturated/α-hetero) is 1. The second kappa shape index (κ2) is 47.0. The van der Waals surface area contributed by atoms with E-state index in [1.54, 1.807) is 143 Å². The molecule has 3 aliphatic carbocycles. The largest absolute Gasteiger partial charge is 0.509 e. The molecule has 35 heteroatoms. The number of rotatable bonds is 35. The number of alkyl halides is 1. The Balaban J connectivity index is 0.000000338. The summed E-state index contributed by atoms with van der Waals surface area (Å²) in [6, 6.07) is 36.9. The van der Waals surface area contributed by atoms with E-state index in [1.165, 1.54) is 92.8 Å². The Morgan fingerprint density at radius 2 is 1.14 bits per heavy atom. The van der Waals surface area contributed by atoms with Gasteiger partial charge in [-0.25, -0.2) is 14.4 Å². The van der Waals surface area contributed by atoms with E-state index in [4.69, 9.17) is 48.1 Å². The molecule has 12 rings (SSSR count). The molecule has 6 aromatic rings. The van der Waals surface area contributed by atoms with Crippen LogP contribution in [0.4, 0.5) is 21.9 Å². The predicted molar refractivity (Wildman–Crippen MR) is 488 cm³/mol. The van der Waals surface area contributed by atoms with Crippen molar-refractivity contribution in [3.8, 4) is 0 Å². The number of nitro benzene ring substituents is 3. The van der Waals surface area contributed by atoms with E-state index >= 15 is 9.59 Å². The summed E-state index contributed by atoms with van der Waals surface area (Å²) in [5, 5.41) is 82.9. The van der Waals surface area contributed by atoms with E-state index in [0.717, 1.165) is 44.3 Å². The standard InChI is InChI=1S/C65H72N2O18S2.C18H23NO5S2.C10H10BrNO3/c1-38-47(35-65(76)57(84-59(73)44-24-14-9-15-25-44)55-63(6,56(71)39(2)51(38)62(65,4)5)48(69)34-49-64(55,37-81-49)85-40(3)68)82-60(74)54(52(41-20-10-7-11-21-41)66-58(72)43-22-12-8-13-23-43)83-61(75)79-32-19-28-42-26-18-27-45(53(42)67(77)78)36-80-50(70)30-17-16-29-46-31-33-86-87-46;20-11-4-7-14-5-3-6-15(18(14)19(22)23)13-24-17(21)9-2-1-8-16-10-12-25-26-16;11-7-9-4-1-3-8(5-2-6-13)10(9)12(14)15/h7-15,18-28,39,46-49,52,54-55,57,69,76H,16-17,29-37H2,1-6H3,(H,66,72);3-7,16,20H,1-2,8-13H2;1-5,13H,6-7H2/b28-19+;7-4+;5-2+/t39-,46?,47?,48+,49?,52?,54-,55+,57+,63-,64+,65-;;/m1../s1. The van der Waals surface area contributed by atoms with Gasteiger partial charge in [0.25, 0.3) is 23.0 Å². The maximum atomic E-state index is 15.6. The molecule has 128 heavy (non-hydrogen) atoms. The number of nitrogens with one attached hydrogen (secondary N) is 1. The molecule has 3 saturated heterocycles. The molecular formula is C93H105BrN4O26S4. The highest BCUT2D eigenvalue weighted by atomic mass is 79.9. The summed E-state index contributed by atoms with van der Waals surface area (Å²) < 4.78 is 47.2. The maximum Gasteiger partial charge on any atom is 0.509 e. The molecule has 30 nitrogen and oxygen atoms in total. The van der Waals surface area contributed by atoms with E-state index in [-0.39, 0.29) is 102 Å². The number of nitrogens with zero attached hydrogens (tertiary/aromatic N) is 3. The summed E-state index contributed by atoms with van der Waals surface area (Å²) in [7, 11) is 7.57. The second-order valence-electron chi connectivity index (χ2n) is 32.3. The van der Waals surface area contributed by atoms with Gasteiger partial charge in [0.1, 0.15) is 55.6 Å². The summed E-state index contributed by atoms with van der Waals surface area (Å²) in [4.78, 5) is 145. The average Bonchev–Trinajstić information content (AvgIpc) is 0.707. The Kier molecular flexibility index (Phi) is 36.7. The lowest BCUT2D eigenvalue weighted by molar-refractivity contribution is -0.386. The fraction of sp³-hybridized carbons (Fsp3) is 0.441. The third-order valence-corrected chi connectivity index (χ3v) is 30.4. The number of aliphatic hydroxyl groups excluding tert-OH is 3. The number of amides is 1. The minimum atomic E-state index is -2.35. The van der Waals surface area contributed by atoms with Gasteiger partial charge in [0.2, 0.25) is 6.10 Å². The quantitative estimate of drug-likeness (QED) is 0.00360. The number of hydrogen-bond donors (Lipinski definition) is 5. The summed E-state index contributed by atoms with van der Waals surface area (Å²) in [5.41, 5.74) is -4.62. The summed E-state index contributed by atoms with van der Waals surface area (Å²) in [5.74, 6) is -5.27. The lowest BCUT2D eigenvalue weighted by Crippen LogP contribution is -2.81. The van der Waals surface area contributed by atoms with Crippen LogP contribution in [-0.2, 0) is 80.4 Å². The van der Waals surface area contributed by atoms with Gasteiger partial charge in [0, 0.05) is 82.4 Å². The second-order valence-corrected chi connectivity index (χ2v) is 38.4. The molecular weight excluding hydrogens is 1800 g/mol. The highest BCUT2D eigenvalue weighted by Gasteiger charge is 2.78. The lowest BCUT2D eigenvalue weighted by Gasteiger charge is -2.67. The van der Waals surface area contributed by atoms with Gasteiger partial charge in [-0.15, -0.1) is 0 Å². The topological polar surface area (TPSA) is 433 Å². The van der Waals surface area contributed by atoms with Crippen LogP contribution in [0.2, 0.25) is 0 Å². The van der Waals surface area contributed by atoms with E-state index in [2.05, 4.69) is 21.2 Å². The van der Waals surface area contributed by atoms with Gasteiger partial charge < -0.3 is 63.6 Å². The summed E-state index contributed by atoms with van der Waals surface area (Å²) in [6.07, 6.45) is 6.88. The van der Waals surface area contributed by atoms with Crippen molar-refractivity contribution in [1.29, 1.82) is 0 Å². The van der Waals surface area contributed by atoms with Crippen molar-refractivity contribution in [2.24, 2.45) is 22.7 Å². The van der Waals surface area contributed by atoms with Crippen molar-refractivity contribution in [3.05, 3.63) is 255 Å². The van der Waals surface area contributed by atoms with Crippen LogP contribution in [0, 0.1) is 53.0 Å². The molecule has 13 atom stereocenters. The molecule has 2 bridgehead atoms. The highest BCUT2D eigenvalue weighted by Crippen LogP contribution is 2.65. The molecule has 0 aromatic heterocycles. The van der Waals surface area contributed by atoms with Crippen LogP contribution < -0.4 is 5.32 Å². The van der Waals surface area contributed by atoms with Crippen LogP contribution in [0.1, 0.15) is 184 Å². The molecule has 0 radical (unpaired) electrons. The van der Waals surface area contributed by atoms with Gasteiger partial charge >= 0.3 is 36.0 Å². The first kappa shape index (κ1) is 100. The van der Waals surface area contributed by atoms with Gasteiger partial charge in [-0.1, -0.05) is 196 Å². The number of ether oxygens (including phenoxy) is 8. The monoisotopic (exact) mass is 1900 g/mol. The fourth-order valence-corrected chi connectivity index (χ4v) is 24.0. The number of fused-ring (bicyclic) bond motifs is 5. The normalized spacial score (nSPS) is 23.6. The van der Waals surface area contributed by atoms with Crippen LogP contribution in [0.25, 0.3) is 18.2 Å². The Morgan fingerprint density at radius 3 is 1.61 bits per heavy atom. The minimum absolute atomic E-state index is 0.0680. The van der Waals surface area contributed by atoms with Gasteiger partial charge in [0.05, 0.1) is 85.4 Å². The van der Waals surface area contributed by atoms with Gasteiger partial charge in [-0.05, 0) is 148 Å². The molecule has 3 aliphatic heterocycles. The van der Waals surface area contributed by atoms with Crippen LogP contribution in [-0.4, -0.2) is 173 Å². The SMILES string of the molecule is CC(=O)O[C@@]12COC1C[C@H](O)[C@@]1(C)C(=O)[C@H](C)C3=C(C)C(OC(=O)[C@H](OC(=O)OC/C=C/c4cccc(COC(=O)CCCCC5CCSS5)c4[N+](=O)[O-])C(NC(=O)c4ccccc4)c4ccccc4)C[C@@](O)([C@@H](OC(=O)c4ccccc4)[C@@H]12)C3(C)C.O=C(CCCCC1CCSS1)OCc1cccc(/C=C/CO)c1[N+](=O)[O-].O=[N+]([O-])c1c(/C=C/CO)cccc1CBr. The average molecular weight is 1900 g/mol. The van der Waals surface area contributed by atoms with Crippen LogP contribution in [0.3, 0.4) is 0 Å². The molecule has 0 spiro atoms. The van der Waals surface area contributed by atoms with Gasteiger partial charge in [-0.2, -0.15) is 0 Å². The smallest absolute Gasteiger partial charge is 0.461 e. The van der Waals surface area contributed by atoms with Crippen LogP contribution >= 0.6 is 59.1 Å². The number of halogens is 1.